The summed E-state index contributed by atoms with van der Waals surface area (Å²) in [4.78, 5) is 24.9. The maximum Gasteiger partial charge on any atom is 0.330 e. The van der Waals surface area contributed by atoms with E-state index in [4.69, 9.17) is 9.16 Å². The van der Waals surface area contributed by atoms with Crippen LogP contribution in [0.3, 0.4) is 0 Å². The van der Waals surface area contributed by atoms with Gasteiger partial charge in [0, 0.05) is 0 Å². The van der Waals surface area contributed by atoms with E-state index in [1.165, 1.54) is 0 Å². The van der Waals surface area contributed by atoms with Crippen molar-refractivity contribution in [3.8, 4) is 0 Å². The van der Waals surface area contributed by atoms with E-state index < -0.39 is 49.9 Å². The van der Waals surface area contributed by atoms with Crippen molar-refractivity contribution in [2.24, 2.45) is 0 Å². The van der Waals surface area contributed by atoms with Gasteiger partial charge in [-0.25, -0.2) is 4.79 Å². The smallest absolute Gasteiger partial charge is 0.330 e. The van der Waals surface area contributed by atoms with Gasteiger partial charge in [-0.3, -0.25) is 14.3 Å². The molecule has 0 radical (unpaired) electrons. The highest BCUT2D eigenvalue weighted by Crippen LogP contribution is 2.29. The first kappa shape index (κ1) is 20.6. The van der Waals surface area contributed by atoms with E-state index >= 15 is 0 Å². The number of aliphatic hydroxyl groups excluding tert-OH is 2. The quantitative estimate of drug-likeness (QED) is 0.590. The molecule has 8 nitrogen and oxygen atoms in total. The predicted molar refractivity (Wildman–Crippen MR) is 101 cm³/mol. The average Bonchev–Trinajstić information content (AvgIpc) is 2.92. The molecule has 1 aliphatic heterocycles. The fraction of sp³-hybridized carbons (Fsp3) is 0.444. The van der Waals surface area contributed by atoms with Crippen LogP contribution in [0.25, 0.3) is 0 Å². The van der Waals surface area contributed by atoms with Crippen LogP contribution in [0.4, 0.5) is 4.39 Å². The fourth-order valence-electron chi connectivity index (χ4n) is 3.19. The Bertz CT molecular complexity index is 932. The maximum absolute atomic E-state index is 13.5. The fourth-order valence-corrected chi connectivity index (χ4v) is 5.13. The van der Waals surface area contributed by atoms with Gasteiger partial charge in [0.25, 0.3) is 5.56 Å². The number of rotatable bonds is 6. The number of hydrogen-bond acceptors (Lipinski definition) is 6. The number of nitrogens with one attached hydrogen (secondary N) is 1. The number of halogens is 1. The van der Waals surface area contributed by atoms with E-state index in [9.17, 15) is 24.2 Å². The lowest BCUT2D eigenvalue weighted by molar-refractivity contribution is -0.0531. The standard InChI is InChI=1S/C18H23FN2O6Si/c1-28(2,10-11-6-4-3-5-7-11)26-9-13-14(22)15(23)17(27-13)21-8-12(19)16(24)20-18(21)25/h3-8,13-15,17,22-23H,9-10H2,1-2H3,(H,20,24,25)/t13-,14-,15-,17-/m1/s1. The van der Waals surface area contributed by atoms with Crippen molar-refractivity contribution in [2.75, 3.05) is 6.61 Å². The summed E-state index contributed by atoms with van der Waals surface area (Å²) >= 11 is 0. The molecule has 2 heterocycles. The lowest BCUT2D eigenvalue weighted by Crippen LogP contribution is -2.40. The lowest BCUT2D eigenvalue weighted by atomic mass is 10.1. The summed E-state index contributed by atoms with van der Waals surface area (Å²) in [6.45, 7) is 4.06. The van der Waals surface area contributed by atoms with E-state index in [0.29, 0.717) is 6.20 Å². The second-order valence-electron chi connectivity index (χ2n) is 7.42. The Morgan fingerprint density at radius 1 is 1.21 bits per heavy atom. The number of H-pyrrole nitrogens is 1. The third-order valence-corrected chi connectivity index (χ3v) is 6.85. The number of aromatic nitrogens is 2. The van der Waals surface area contributed by atoms with Crippen LogP contribution in [0.2, 0.25) is 13.1 Å². The van der Waals surface area contributed by atoms with E-state index in [1.54, 1.807) is 4.98 Å². The van der Waals surface area contributed by atoms with Gasteiger partial charge >= 0.3 is 5.69 Å². The lowest BCUT2D eigenvalue weighted by Gasteiger charge is -2.26. The monoisotopic (exact) mass is 410 g/mol. The Labute approximate surface area is 161 Å². The van der Waals surface area contributed by atoms with Crippen LogP contribution in [0.1, 0.15) is 11.8 Å². The van der Waals surface area contributed by atoms with E-state index in [2.05, 4.69) is 0 Å². The topological polar surface area (TPSA) is 114 Å². The van der Waals surface area contributed by atoms with Crippen LogP contribution in [-0.2, 0) is 15.2 Å². The highest BCUT2D eigenvalue weighted by atomic mass is 28.4. The number of nitrogens with zero attached hydrogens (tertiary/aromatic N) is 1. The number of ether oxygens (including phenoxy) is 1. The first-order valence-electron chi connectivity index (χ1n) is 8.88. The van der Waals surface area contributed by atoms with Crippen molar-refractivity contribution < 1.29 is 23.8 Å². The van der Waals surface area contributed by atoms with E-state index in [0.717, 1.165) is 16.2 Å². The molecule has 2 aromatic rings. The number of aromatic amines is 1. The van der Waals surface area contributed by atoms with Crippen LogP contribution < -0.4 is 11.2 Å². The first-order valence-corrected chi connectivity index (χ1v) is 12.0. The van der Waals surface area contributed by atoms with Gasteiger partial charge in [0.05, 0.1) is 12.8 Å². The molecular formula is C18H23FN2O6Si. The van der Waals surface area contributed by atoms with Crippen molar-refractivity contribution in [3.05, 3.63) is 68.7 Å². The molecule has 3 rings (SSSR count). The van der Waals surface area contributed by atoms with Gasteiger partial charge in [-0.1, -0.05) is 30.3 Å². The minimum atomic E-state index is -2.14. The summed E-state index contributed by atoms with van der Waals surface area (Å²) < 4.78 is 25.8. The summed E-state index contributed by atoms with van der Waals surface area (Å²) in [5.41, 5.74) is -0.967. The van der Waals surface area contributed by atoms with Gasteiger partial charge < -0.3 is 19.4 Å². The van der Waals surface area contributed by atoms with Crippen LogP contribution >= 0.6 is 0 Å². The Morgan fingerprint density at radius 2 is 1.89 bits per heavy atom. The average molecular weight is 410 g/mol. The number of benzene rings is 1. The summed E-state index contributed by atoms with van der Waals surface area (Å²) in [6, 6.07) is 10.6. The van der Waals surface area contributed by atoms with Gasteiger partial charge in [0.15, 0.2) is 14.5 Å². The number of aliphatic hydroxyl groups is 2. The zero-order valence-electron chi connectivity index (χ0n) is 15.5. The SMILES string of the molecule is C[Si](C)(Cc1ccccc1)OC[C@H]1O[C@@H](n2cc(F)c(=O)[nH]c2=O)[C@H](O)[C@@H]1O. The highest BCUT2D eigenvalue weighted by molar-refractivity contribution is 6.70. The Morgan fingerprint density at radius 3 is 2.57 bits per heavy atom. The molecule has 1 saturated heterocycles. The minimum absolute atomic E-state index is 0.0152. The predicted octanol–water partition coefficient (Wildman–Crippen LogP) is 0.298. The second kappa shape index (κ2) is 8.09. The molecule has 28 heavy (non-hydrogen) atoms. The summed E-state index contributed by atoms with van der Waals surface area (Å²) in [5.74, 6) is -1.19. The minimum Gasteiger partial charge on any atom is -0.414 e. The normalized spacial score (nSPS) is 25.2. The zero-order chi connectivity index (χ0) is 20.5. The molecule has 1 aromatic heterocycles. The van der Waals surface area contributed by atoms with Gasteiger partial charge in [0.1, 0.15) is 18.3 Å². The third-order valence-electron chi connectivity index (χ3n) is 4.65. The molecule has 4 atom stereocenters. The highest BCUT2D eigenvalue weighted by Gasteiger charge is 2.45. The molecule has 0 amide bonds. The van der Waals surface area contributed by atoms with Crippen molar-refractivity contribution in [1.82, 2.24) is 9.55 Å². The van der Waals surface area contributed by atoms with Crippen LogP contribution in [0.5, 0.6) is 0 Å². The number of hydrogen-bond donors (Lipinski definition) is 3. The second-order valence-corrected chi connectivity index (χ2v) is 11.6. The Hall–Kier alpha value is -2.11. The van der Waals surface area contributed by atoms with Crippen LogP contribution in [0.15, 0.2) is 46.1 Å². The molecule has 0 spiro atoms. The molecule has 3 N–H and O–H groups in total. The maximum atomic E-state index is 13.5. The van der Waals surface area contributed by atoms with Gasteiger partial charge in [0.2, 0.25) is 5.82 Å². The summed E-state index contributed by atoms with van der Waals surface area (Å²) in [7, 11) is -2.14. The first-order chi connectivity index (χ1) is 13.2. The van der Waals surface area contributed by atoms with Crippen molar-refractivity contribution in [3.63, 3.8) is 0 Å². The van der Waals surface area contributed by atoms with Gasteiger partial charge in [-0.15, -0.1) is 0 Å². The molecule has 1 fully saturated rings. The van der Waals surface area contributed by atoms with Crippen molar-refractivity contribution in [2.45, 2.75) is 43.7 Å². The van der Waals surface area contributed by atoms with Gasteiger partial charge in [-0.2, -0.15) is 4.39 Å². The van der Waals surface area contributed by atoms with Crippen LogP contribution in [0, 0.1) is 5.82 Å². The summed E-state index contributed by atoms with van der Waals surface area (Å²) in [5, 5.41) is 20.5. The molecule has 10 heteroatoms. The molecule has 1 aromatic carbocycles. The molecule has 0 aliphatic carbocycles. The Balaban J connectivity index is 1.68. The van der Waals surface area contributed by atoms with Crippen LogP contribution in [-0.4, -0.2) is 53.0 Å². The molecular weight excluding hydrogens is 387 g/mol. The Kier molecular flexibility index (Phi) is 5.96. The largest absolute Gasteiger partial charge is 0.414 e. The van der Waals surface area contributed by atoms with Crippen molar-refractivity contribution >= 4 is 8.32 Å². The molecule has 0 bridgehead atoms. The van der Waals surface area contributed by atoms with Gasteiger partial charge in [-0.05, 0) is 24.7 Å². The molecule has 0 unspecified atom stereocenters. The molecule has 152 valence electrons. The van der Waals surface area contributed by atoms with Crippen molar-refractivity contribution in [1.29, 1.82) is 0 Å². The third kappa shape index (κ3) is 4.47. The summed E-state index contributed by atoms with van der Waals surface area (Å²) in [6.07, 6.45) is -4.38. The molecule has 0 saturated carbocycles. The van der Waals surface area contributed by atoms with E-state index in [1.807, 2.05) is 43.4 Å². The zero-order valence-corrected chi connectivity index (χ0v) is 16.5. The molecule has 1 aliphatic rings. The van der Waals surface area contributed by atoms with E-state index in [-0.39, 0.29) is 6.61 Å².